The minimum atomic E-state index is -4.51. The minimum absolute atomic E-state index is 0.106. The zero-order chi connectivity index (χ0) is 20.6. The van der Waals surface area contributed by atoms with Crippen LogP contribution in [0.5, 0.6) is 0 Å². The second-order valence-electron chi connectivity index (χ2n) is 6.62. The lowest BCUT2D eigenvalue weighted by Gasteiger charge is -2.29. The lowest BCUT2D eigenvalue weighted by Crippen LogP contribution is -2.38. The van der Waals surface area contributed by atoms with Crippen molar-refractivity contribution in [2.24, 2.45) is 0 Å². The van der Waals surface area contributed by atoms with E-state index < -0.39 is 21.8 Å². The predicted octanol–water partition coefficient (Wildman–Crippen LogP) is 3.92. The van der Waals surface area contributed by atoms with Crippen LogP contribution in [0.2, 0.25) is 0 Å². The van der Waals surface area contributed by atoms with Crippen molar-refractivity contribution in [2.75, 3.05) is 13.1 Å². The maximum absolute atomic E-state index is 12.7. The molecular weight excluding hydrogens is 411 g/mol. The van der Waals surface area contributed by atoms with E-state index >= 15 is 0 Å². The van der Waals surface area contributed by atoms with E-state index in [1.807, 2.05) is 0 Å². The molecule has 0 spiro atoms. The molecule has 1 aliphatic heterocycles. The third-order valence-corrected chi connectivity index (χ3v) is 6.71. The van der Waals surface area contributed by atoms with Gasteiger partial charge in [-0.1, -0.05) is 0 Å². The molecule has 0 N–H and O–H groups in total. The first-order valence-corrected chi connectivity index (χ1v) is 10.2. The summed E-state index contributed by atoms with van der Waals surface area (Å²) in [5.41, 5.74) is -0.890. The van der Waals surface area contributed by atoms with E-state index in [0.29, 0.717) is 24.5 Å². The van der Waals surface area contributed by atoms with Gasteiger partial charge in [-0.05, 0) is 49.2 Å². The van der Waals surface area contributed by atoms with Crippen LogP contribution >= 0.6 is 0 Å². The maximum atomic E-state index is 12.7. The first-order valence-electron chi connectivity index (χ1n) is 8.80. The molecule has 4 rings (SSSR count). The monoisotopic (exact) mass is 427 g/mol. The van der Waals surface area contributed by atoms with Crippen molar-refractivity contribution in [3.8, 4) is 11.7 Å². The van der Waals surface area contributed by atoms with Gasteiger partial charge in [-0.25, -0.2) is 8.42 Å². The number of nitrogens with zero attached hydrogens (tertiary/aromatic N) is 3. The molecule has 1 fully saturated rings. The van der Waals surface area contributed by atoms with Gasteiger partial charge in [0.25, 0.3) is 5.89 Å². The molecule has 11 heteroatoms. The third-order valence-electron chi connectivity index (χ3n) is 4.80. The highest BCUT2D eigenvalue weighted by atomic mass is 32.2. The van der Waals surface area contributed by atoms with E-state index in [4.69, 9.17) is 8.83 Å². The van der Waals surface area contributed by atoms with Crippen molar-refractivity contribution < 1.29 is 30.4 Å². The van der Waals surface area contributed by atoms with Crippen LogP contribution in [0.4, 0.5) is 13.2 Å². The van der Waals surface area contributed by atoms with Gasteiger partial charge in [0.15, 0.2) is 5.76 Å². The first-order chi connectivity index (χ1) is 13.7. The van der Waals surface area contributed by atoms with Gasteiger partial charge in [-0.3, -0.25) is 0 Å². The van der Waals surface area contributed by atoms with E-state index in [2.05, 4.69) is 10.2 Å². The number of hydrogen-bond donors (Lipinski definition) is 0. The molecule has 1 aliphatic rings. The number of furan rings is 1. The van der Waals surface area contributed by atoms with Crippen LogP contribution in [0.3, 0.4) is 0 Å². The van der Waals surface area contributed by atoms with Gasteiger partial charge in [0.2, 0.25) is 15.9 Å². The van der Waals surface area contributed by atoms with E-state index in [0.717, 1.165) is 24.3 Å². The van der Waals surface area contributed by atoms with Crippen molar-refractivity contribution in [3.05, 3.63) is 54.1 Å². The smallest absolute Gasteiger partial charge is 0.416 e. The normalized spacial score (nSPS) is 16.9. The Labute approximate surface area is 164 Å². The molecule has 1 saturated heterocycles. The number of hydrogen-bond acceptors (Lipinski definition) is 6. The number of rotatable bonds is 4. The van der Waals surface area contributed by atoms with Crippen molar-refractivity contribution in [1.29, 1.82) is 0 Å². The highest BCUT2D eigenvalue weighted by Crippen LogP contribution is 2.33. The summed E-state index contributed by atoms with van der Waals surface area (Å²) in [6, 6.07) is 6.90. The van der Waals surface area contributed by atoms with Crippen LogP contribution in [-0.4, -0.2) is 36.0 Å². The summed E-state index contributed by atoms with van der Waals surface area (Å²) >= 11 is 0. The summed E-state index contributed by atoms with van der Waals surface area (Å²) in [6.45, 7) is 0.402. The Bertz CT molecular complexity index is 1070. The highest BCUT2D eigenvalue weighted by molar-refractivity contribution is 7.89. The minimum Gasteiger partial charge on any atom is -0.459 e. The van der Waals surface area contributed by atoms with Crippen LogP contribution in [0.1, 0.15) is 30.2 Å². The molecule has 2 aromatic heterocycles. The molecule has 1 aromatic carbocycles. The van der Waals surface area contributed by atoms with Gasteiger partial charge in [0, 0.05) is 19.0 Å². The molecular formula is C18H16F3N3O4S. The average Bonchev–Trinajstić information content (AvgIpc) is 3.39. The number of alkyl halides is 3. The fourth-order valence-electron chi connectivity index (χ4n) is 3.21. The average molecular weight is 427 g/mol. The van der Waals surface area contributed by atoms with E-state index in [1.165, 1.54) is 10.6 Å². The number of piperidine rings is 1. The Hall–Kier alpha value is -2.66. The number of benzene rings is 1. The maximum Gasteiger partial charge on any atom is 0.416 e. The molecule has 0 unspecified atom stereocenters. The van der Waals surface area contributed by atoms with Crippen molar-refractivity contribution in [1.82, 2.24) is 14.5 Å². The van der Waals surface area contributed by atoms with Gasteiger partial charge < -0.3 is 8.83 Å². The second kappa shape index (κ2) is 7.30. The van der Waals surface area contributed by atoms with Crippen LogP contribution in [-0.2, 0) is 16.2 Å². The molecule has 0 bridgehead atoms. The Morgan fingerprint density at radius 3 is 2.31 bits per heavy atom. The Balaban J connectivity index is 1.43. The summed E-state index contributed by atoms with van der Waals surface area (Å²) in [5, 5.41) is 7.97. The molecule has 0 amide bonds. The number of halogens is 3. The largest absolute Gasteiger partial charge is 0.459 e. The summed E-state index contributed by atoms with van der Waals surface area (Å²) in [6.07, 6.45) is -2.11. The van der Waals surface area contributed by atoms with Crippen LogP contribution in [0, 0.1) is 0 Å². The van der Waals surface area contributed by atoms with Gasteiger partial charge >= 0.3 is 6.18 Å². The second-order valence-corrected chi connectivity index (χ2v) is 8.56. The van der Waals surface area contributed by atoms with Gasteiger partial charge in [-0.15, -0.1) is 10.2 Å². The summed E-state index contributed by atoms with van der Waals surface area (Å²) in [7, 11) is -3.88. The van der Waals surface area contributed by atoms with Gasteiger partial charge in [0.05, 0.1) is 16.7 Å². The molecule has 0 saturated carbocycles. The summed E-state index contributed by atoms with van der Waals surface area (Å²) < 4.78 is 75.6. The Morgan fingerprint density at radius 2 is 1.72 bits per heavy atom. The van der Waals surface area contributed by atoms with Crippen LogP contribution in [0.15, 0.2) is 56.4 Å². The summed E-state index contributed by atoms with van der Waals surface area (Å²) in [5.74, 6) is 1.00. The lowest BCUT2D eigenvalue weighted by atomic mass is 9.98. The molecule has 154 valence electrons. The van der Waals surface area contributed by atoms with E-state index in [-0.39, 0.29) is 29.8 Å². The highest BCUT2D eigenvalue weighted by Gasteiger charge is 2.34. The summed E-state index contributed by atoms with van der Waals surface area (Å²) in [4.78, 5) is -0.165. The molecule has 0 atom stereocenters. The lowest BCUT2D eigenvalue weighted by molar-refractivity contribution is -0.137. The van der Waals surface area contributed by atoms with Gasteiger partial charge in [0.1, 0.15) is 0 Å². The Kier molecular flexibility index (Phi) is 4.95. The quantitative estimate of drug-likeness (QED) is 0.627. The topological polar surface area (TPSA) is 89.4 Å². The molecule has 29 heavy (non-hydrogen) atoms. The standard InChI is InChI=1S/C18H16F3N3O4S/c19-18(20,21)13-3-5-14(6-4-13)29(25,26)24-9-7-12(8-10-24)16-22-23-17(28-16)15-2-1-11-27-15/h1-6,11-12H,7-10H2. The van der Waals surface area contributed by atoms with Crippen molar-refractivity contribution in [2.45, 2.75) is 29.8 Å². The molecule has 7 nitrogen and oxygen atoms in total. The van der Waals surface area contributed by atoms with E-state index in [9.17, 15) is 21.6 Å². The van der Waals surface area contributed by atoms with Crippen LogP contribution < -0.4 is 0 Å². The van der Waals surface area contributed by atoms with Crippen LogP contribution in [0.25, 0.3) is 11.7 Å². The number of aromatic nitrogens is 2. The zero-order valence-corrected chi connectivity index (χ0v) is 15.8. The zero-order valence-electron chi connectivity index (χ0n) is 15.0. The van der Waals surface area contributed by atoms with E-state index in [1.54, 1.807) is 12.1 Å². The molecule has 0 aliphatic carbocycles. The Morgan fingerprint density at radius 1 is 1.03 bits per heavy atom. The third kappa shape index (κ3) is 3.92. The SMILES string of the molecule is O=S(=O)(c1ccc(C(F)(F)F)cc1)N1CCC(c2nnc(-c3ccco3)o2)CC1. The fourth-order valence-corrected chi connectivity index (χ4v) is 4.68. The number of sulfonamides is 1. The van der Waals surface area contributed by atoms with Crippen molar-refractivity contribution in [3.63, 3.8) is 0 Å². The fraction of sp³-hybridized carbons (Fsp3) is 0.333. The van der Waals surface area contributed by atoms with Gasteiger partial charge in [-0.2, -0.15) is 17.5 Å². The molecule has 3 aromatic rings. The molecule has 0 radical (unpaired) electrons. The predicted molar refractivity (Wildman–Crippen MR) is 94.2 cm³/mol. The molecule has 3 heterocycles. The first kappa shape index (κ1) is 19.6. The van der Waals surface area contributed by atoms with Crippen molar-refractivity contribution >= 4 is 10.0 Å².